The maximum atomic E-state index is 11.8. The smallest absolute Gasteiger partial charge is 0.238 e. The van der Waals surface area contributed by atoms with Crippen molar-refractivity contribution in [1.29, 1.82) is 0 Å². The van der Waals surface area contributed by atoms with Gasteiger partial charge in [-0.1, -0.05) is 13.8 Å². The minimum atomic E-state index is -0.0000236. The minimum absolute atomic E-state index is 0.0000236. The zero-order valence-electron chi connectivity index (χ0n) is 10.6. The van der Waals surface area contributed by atoms with Crippen LogP contribution >= 0.6 is 11.8 Å². The van der Waals surface area contributed by atoms with Crippen molar-refractivity contribution >= 4 is 17.7 Å². The van der Waals surface area contributed by atoms with Gasteiger partial charge in [0.25, 0.3) is 0 Å². The number of hydrogen-bond donors (Lipinski definition) is 2. The second-order valence-electron chi connectivity index (χ2n) is 4.79. The number of amides is 1. The molecule has 0 aliphatic carbocycles. The van der Waals surface area contributed by atoms with Gasteiger partial charge in [0.1, 0.15) is 0 Å². The molecule has 0 radical (unpaired) electrons. The van der Waals surface area contributed by atoms with Crippen molar-refractivity contribution < 1.29 is 4.79 Å². The van der Waals surface area contributed by atoms with Crippen molar-refractivity contribution in [2.45, 2.75) is 25.9 Å². The zero-order chi connectivity index (χ0) is 12.1. The fourth-order valence-electron chi connectivity index (χ4n) is 1.91. The highest BCUT2D eigenvalue weighted by Crippen LogP contribution is 2.10. The molecule has 16 heavy (non-hydrogen) atoms. The second-order valence-corrected chi connectivity index (χ2v) is 5.82. The number of nitrogens with zero attached hydrogens (tertiary/aromatic N) is 1. The lowest BCUT2D eigenvalue weighted by Gasteiger charge is -2.28. The first-order chi connectivity index (χ1) is 7.52. The average Bonchev–Trinajstić information content (AvgIpc) is 2.69. The van der Waals surface area contributed by atoms with Gasteiger partial charge in [0, 0.05) is 24.2 Å². The Bertz CT molecular complexity index is 219. The summed E-state index contributed by atoms with van der Waals surface area (Å²) in [5, 5.41) is 6.21. The molecule has 0 aromatic heterocycles. The molecule has 0 aromatic carbocycles. The average molecular weight is 245 g/mol. The molecule has 4 nitrogen and oxygen atoms in total. The minimum Gasteiger partial charge on any atom is -0.353 e. The summed E-state index contributed by atoms with van der Waals surface area (Å²) in [6.45, 7) is 5.09. The van der Waals surface area contributed by atoms with Crippen LogP contribution in [0.25, 0.3) is 0 Å². The van der Waals surface area contributed by atoms with Crippen molar-refractivity contribution in [3.8, 4) is 0 Å². The van der Waals surface area contributed by atoms with E-state index in [2.05, 4.69) is 43.5 Å². The summed E-state index contributed by atoms with van der Waals surface area (Å²) in [6, 6.07) is 0.401. The lowest BCUT2D eigenvalue weighted by atomic mass is 10.0. The number of hydrogen-bond acceptors (Lipinski definition) is 4. The van der Waals surface area contributed by atoms with Crippen molar-refractivity contribution in [2.75, 3.05) is 32.3 Å². The number of likely N-dealkylation sites (N-methyl/N-ethyl adjacent to an activating group) is 1. The lowest BCUT2D eigenvalue weighted by Crippen LogP contribution is -2.48. The van der Waals surface area contributed by atoms with Gasteiger partial charge >= 0.3 is 0 Å². The van der Waals surface area contributed by atoms with Crippen molar-refractivity contribution in [3.05, 3.63) is 0 Å². The summed E-state index contributed by atoms with van der Waals surface area (Å²) in [5.74, 6) is 2.46. The zero-order valence-corrected chi connectivity index (χ0v) is 11.4. The molecule has 1 saturated heterocycles. The SMILES string of the molecule is CC(C)C(CNC(=O)C1CSCN1)N(C)C. The van der Waals surface area contributed by atoms with E-state index in [9.17, 15) is 4.79 Å². The van der Waals surface area contributed by atoms with Crippen LogP contribution in [0.15, 0.2) is 0 Å². The van der Waals surface area contributed by atoms with Gasteiger partial charge < -0.3 is 10.2 Å². The van der Waals surface area contributed by atoms with E-state index in [0.717, 1.165) is 18.2 Å². The van der Waals surface area contributed by atoms with Gasteiger partial charge in [-0.3, -0.25) is 10.1 Å². The number of carbonyl (C=O) groups excluding carboxylic acids is 1. The maximum absolute atomic E-state index is 11.8. The Kier molecular flexibility index (Phi) is 5.58. The van der Waals surface area contributed by atoms with Crippen LogP contribution in [-0.2, 0) is 4.79 Å². The molecule has 0 bridgehead atoms. The monoisotopic (exact) mass is 245 g/mol. The number of nitrogens with one attached hydrogen (secondary N) is 2. The molecule has 0 aromatic rings. The number of carbonyl (C=O) groups is 1. The molecule has 1 rings (SSSR count). The van der Waals surface area contributed by atoms with Crippen LogP contribution < -0.4 is 10.6 Å². The fourth-order valence-corrected chi connectivity index (χ4v) is 2.85. The van der Waals surface area contributed by atoms with E-state index in [0.29, 0.717) is 12.0 Å². The van der Waals surface area contributed by atoms with Gasteiger partial charge in [-0.05, 0) is 20.0 Å². The highest BCUT2D eigenvalue weighted by molar-refractivity contribution is 7.99. The van der Waals surface area contributed by atoms with E-state index >= 15 is 0 Å². The van der Waals surface area contributed by atoms with E-state index in [1.807, 2.05) is 0 Å². The van der Waals surface area contributed by atoms with Crippen molar-refractivity contribution in [3.63, 3.8) is 0 Å². The highest BCUT2D eigenvalue weighted by Gasteiger charge is 2.24. The Morgan fingerprint density at radius 3 is 2.69 bits per heavy atom. The first-order valence-electron chi connectivity index (χ1n) is 5.77. The van der Waals surface area contributed by atoms with E-state index in [1.54, 1.807) is 11.8 Å². The maximum Gasteiger partial charge on any atom is 0.238 e. The first kappa shape index (κ1) is 13.8. The third-order valence-electron chi connectivity index (χ3n) is 2.95. The molecule has 1 aliphatic rings. The van der Waals surface area contributed by atoms with Crippen LogP contribution in [0.5, 0.6) is 0 Å². The summed E-state index contributed by atoms with van der Waals surface area (Å²) in [7, 11) is 4.11. The molecule has 1 aliphatic heterocycles. The van der Waals surface area contributed by atoms with Crippen molar-refractivity contribution in [2.24, 2.45) is 5.92 Å². The summed E-state index contributed by atoms with van der Waals surface area (Å²) >= 11 is 1.78. The van der Waals surface area contributed by atoms with E-state index < -0.39 is 0 Å². The molecular weight excluding hydrogens is 222 g/mol. The van der Waals surface area contributed by atoms with Gasteiger partial charge in [0.05, 0.1) is 6.04 Å². The summed E-state index contributed by atoms with van der Waals surface area (Å²) < 4.78 is 0. The molecule has 2 unspecified atom stereocenters. The molecule has 1 heterocycles. The number of rotatable bonds is 5. The van der Waals surface area contributed by atoms with Gasteiger partial charge in [0.15, 0.2) is 0 Å². The quantitative estimate of drug-likeness (QED) is 0.734. The van der Waals surface area contributed by atoms with Crippen LogP contribution in [0.2, 0.25) is 0 Å². The summed E-state index contributed by atoms with van der Waals surface area (Å²) in [4.78, 5) is 14.0. The van der Waals surface area contributed by atoms with Crippen LogP contribution in [0.3, 0.4) is 0 Å². The van der Waals surface area contributed by atoms with E-state index in [1.165, 1.54) is 0 Å². The second kappa shape index (κ2) is 6.47. The highest BCUT2D eigenvalue weighted by atomic mass is 32.2. The van der Waals surface area contributed by atoms with Crippen LogP contribution in [0, 0.1) is 5.92 Å². The molecule has 5 heteroatoms. The van der Waals surface area contributed by atoms with Gasteiger partial charge in [-0.25, -0.2) is 0 Å². The third kappa shape index (κ3) is 3.96. The predicted octanol–water partition coefficient (Wildman–Crippen LogP) is 0.351. The van der Waals surface area contributed by atoms with Crippen LogP contribution in [-0.4, -0.2) is 55.2 Å². The molecule has 2 atom stereocenters. The largest absolute Gasteiger partial charge is 0.353 e. The number of thioether (sulfide) groups is 1. The fraction of sp³-hybridized carbons (Fsp3) is 0.909. The molecule has 0 saturated carbocycles. The predicted molar refractivity (Wildman–Crippen MR) is 69.6 cm³/mol. The first-order valence-corrected chi connectivity index (χ1v) is 6.93. The molecule has 1 fully saturated rings. The van der Waals surface area contributed by atoms with E-state index in [4.69, 9.17) is 0 Å². The standard InChI is InChI=1S/C11H23N3OS/c1-8(2)10(14(3)4)5-12-11(15)9-6-16-7-13-9/h8-10,13H,5-7H2,1-4H3,(H,12,15). The van der Waals surface area contributed by atoms with E-state index in [-0.39, 0.29) is 11.9 Å². The molecule has 94 valence electrons. The van der Waals surface area contributed by atoms with Gasteiger partial charge in [-0.2, -0.15) is 0 Å². The normalized spacial score (nSPS) is 22.8. The Hall–Kier alpha value is -0.260. The Balaban J connectivity index is 2.33. The van der Waals surface area contributed by atoms with Crippen LogP contribution in [0.4, 0.5) is 0 Å². The third-order valence-corrected chi connectivity index (χ3v) is 3.89. The topological polar surface area (TPSA) is 44.4 Å². The molecule has 2 N–H and O–H groups in total. The molecule has 1 amide bonds. The van der Waals surface area contributed by atoms with Crippen LogP contribution in [0.1, 0.15) is 13.8 Å². The van der Waals surface area contributed by atoms with Crippen molar-refractivity contribution in [1.82, 2.24) is 15.5 Å². The Morgan fingerprint density at radius 2 is 2.25 bits per heavy atom. The van der Waals surface area contributed by atoms with Gasteiger partial charge in [-0.15, -0.1) is 11.8 Å². The van der Waals surface area contributed by atoms with Gasteiger partial charge in [0.2, 0.25) is 5.91 Å². The summed E-state index contributed by atoms with van der Waals surface area (Å²) in [6.07, 6.45) is 0. The lowest BCUT2D eigenvalue weighted by molar-refractivity contribution is -0.122. The summed E-state index contributed by atoms with van der Waals surface area (Å²) in [5.41, 5.74) is 0. The Labute approximate surface area is 103 Å². The molecule has 0 spiro atoms. The Morgan fingerprint density at radius 1 is 1.56 bits per heavy atom. The molecular formula is C11H23N3OS.